The molecule has 6 heteroatoms. The predicted octanol–water partition coefficient (Wildman–Crippen LogP) is 1.76. The van der Waals surface area contributed by atoms with Crippen molar-refractivity contribution in [2.45, 2.75) is 12.8 Å². The largest absolute Gasteiger partial charge is 0.481 e. The fourth-order valence-electron chi connectivity index (χ4n) is 1.62. The van der Waals surface area contributed by atoms with Gasteiger partial charge < -0.3 is 15.5 Å². The summed E-state index contributed by atoms with van der Waals surface area (Å²) in [5, 5.41) is 20.4. The molecule has 104 valence electrons. The van der Waals surface area contributed by atoms with Crippen LogP contribution in [-0.4, -0.2) is 35.2 Å². The summed E-state index contributed by atoms with van der Waals surface area (Å²) in [4.78, 5) is 21.3. The lowest BCUT2D eigenvalue weighted by Crippen LogP contribution is -2.31. The van der Waals surface area contributed by atoms with Gasteiger partial charge in [0.15, 0.2) is 0 Å². The van der Waals surface area contributed by atoms with Crippen LogP contribution in [-0.2, 0) is 16.0 Å². The van der Waals surface area contributed by atoms with Gasteiger partial charge >= 0.3 is 11.9 Å². The minimum Gasteiger partial charge on any atom is -0.481 e. The zero-order valence-corrected chi connectivity index (χ0v) is 11.9. The van der Waals surface area contributed by atoms with Crippen LogP contribution in [0, 0.1) is 5.92 Å². The highest BCUT2D eigenvalue weighted by Crippen LogP contribution is 2.10. The maximum atomic E-state index is 10.8. The lowest BCUT2D eigenvalue weighted by Gasteiger charge is -2.11. The predicted molar refractivity (Wildman–Crippen MR) is 74.1 cm³/mol. The fraction of sp³-hybridized carbons (Fsp3) is 0.385. The molecule has 1 aromatic carbocycles. The van der Waals surface area contributed by atoms with Gasteiger partial charge in [-0.15, -0.1) is 0 Å². The number of carboxylic acid groups (broad SMARTS) is 2. The zero-order valence-electron chi connectivity index (χ0n) is 10.3. The molecule has 0 saturated heterocycles. The Morgan fingerprint density at radius 3 is 2.37 bits per heavy atom. The summed E-state index contributed by atoms with van der Waals surface area (Å²) in [5.41, 5.74) is 1.14. The second kappa shape index (κ2) is 7.91. The summed E-state index contributed by atoms with van der Waals surface area (Å²) < 4.78 is 1.01. The van der Waals surface area contributed by atoms with Crippen molar-refractivity contribution < 1.29 is 19.8 Å². The first-order valence-electron chi connectivity index (χ1n) is 5.89. The highest BCUT2D eigenvalue weighted by Gasteiger charge is 2.20. The minimum atomic E-state index is -1.10. The molecule has 19 heavy (non-hydrogen) atoms. The Balaban J connectivity index is 2.30. The molecule has 0 fully saturated rings. The van der Waals surface area contributed by atoms with Crippen LogP contribution in [0.2, 0.25) is 0 Å². The van der Waals surface area contributed by atoms with Gasteiger partial charge in [0.25, 0.3) is 0 Å². The van der Waals surface area contributed by atoms with Crippen LogP contribution < -0.4 is 5.32 Å². The van der Waals surface area contributed by atoms with E-state index in [2.05, 4.69) is 21.2 Å². The van der Waals surface area contributed by atoms with Crippen molar-refractivity contribution in [3.63, 3.8) is 0 Å². The molecule has 0 heterocycles. The smallest absolute Gasteiger partial charge is 0.308 e. The van der Waals surface area contributed by atoms with E-state index in [9.17, 15) is 9.59 Å². The molecular weight excluding hydrogens is 314 g/mol. The Bertz CT molecular complexity index is 433. The highest BCUT2D eigenvalue weighted by molar-refractivity contribution is 9.10. The van der Waals surface area contributed by atoms with Gasteiger partial charge in [-0.1, -0.05) is 28.1 Å². The molecule has 1 unspecified atom stereocenters. The van der Waals surface area contributed by atoms with E-state index in [1.807, 2.05) is 24.3 Å². The summed E-state index contributed by atoms with van der Waals surface area (Å²) >= 11 is 3.35. The molecule has 0 amide bonds. The van der Waals surface area contributed by atoms with Gasteiger partial charge in [-0.3, -0.25) is 9.59 Å². The van der Waals surface area contributed by atoms with Crippen LogP contribution in [0.15, 0.2) is 28.7 Å². The van der Waals surface area contributed by atoms with Crippen molar-refractivity contribution in [2.75, 3.05) is 13.1 Å². The fourth-order valence-corrected chi connectivity index (χ4v) is 1.88. The van der Waals surface area contributed by atoms with Crippen LogP contribution >= 0.6 is 15.9 Å². The number of carboxylic acids is 2. The number of aliphatic carboxylic acids is 2. The maximum absolute atomic E-state index is 10.8. The summed E-state index contributed by atoms with van der Waals surface area (Å²) in [7, 11) is 0. The number of carbonyl (C=O) groups is 2. The zero-order chi connectivity index (χ0) is 14.3. The molecule has 1 atom stereocenters. The molecule has 0 saturated carbocycles. The topological polar surface area (TPSA) is 86.6 Å². The second-order valence-corrected chi connectivity index (χ2v) is 5.13. The second-order valence-electron chi connectivity index (χ2n) is 4.21. The SMILES string of the molecule is O=C(O)CC(CNCCc1ccc(Br)cc1)C(=O)O. The molecule has 5 nitrogen and oxygen atoms in total. The maximum Gasteiger partial charge on any atom is 0.308 e. The number of benzene rings is 1. The normalized spacial score (nSPS) is 12.1. The van der Waals surface area contributed by atoms with E-state index in [4.69, 9.17) is 10.2 Å². The quantitative estimate of drug-likeness (QED) is 0.632. The molecule has 3 N–H and O–H groups in total. The van der Waals surface area contributed by atoms with Crippen LogP contribution in [0.4, 0.5) is 0 Å². The van der Waals surface area contributed by atoms with Gasteiger partial charge in [-0.05, 0) is 30.7 Å². The van der Waals surface area contributed by atoms with Gasteiger partial charge in [-0.25, -0.2) is 0 Å². The van der Waals surface area contributed by atoms with Crippen molar-refractivity contribution in [3.8, 4) is 0 Å². The minimum absolute atomic E-state index is 0.165. The summed E-state index contributed by atoms with van der Waals surface area (Å²) in [6.07, 6.45) is 0.410. The highest BCUT2D eigenvalue weighted by atomic mass is 79.9. The third-order valence-corrected chi connectivity index (χ3v) is 3.19. The van der Waals surface area contributed by atoms with Gasteiger partial charge in [0.2, 0.25) is 0 Å². The van der Waals surface area contributed by atoms with Crippen LogP contribution in [0.25, 0.3) is 0 Å². The number of hydrogen-bond acceptors (Lipinski definition) is 3. The Kier molecular flexibility index (Phi) is 6.52. The summed E-state index contributed by atoms with van der Waals surface area (Å²) in [5.74, 6) is -3.07. The number of nitrogens with one attached hydrogen (secondary N) is 1. The summed E-state index contributed by atoms with van der Waals surface area (Å²) in [6, 6.07) is 7.86. The third-order valence-electron chi connectivity index (χ3n) is 2.66. The average Bonchev–Trinajstić information content (AvgIpc) is 2.34. The molecule has 0 aliphatic carbocycles. The first-order valence-corrected chi connectivity index (χ1v) is 6.68. The van der Waals surface area contributed by atoms with Gasteiger partial charge in [0.1, 0.15) is 0 Å². The lowest BCUT2D eigenvalue weighted by molar-refractivity contribution is -0.148. The van der Waals surface area contributed by atoms with E-state index < -0.39 is 17.9 Å². The van der Waals surface area contributed by atoms with Crippen molar-refractivity contribution in [3.05, 3.63) is 34.3 Å². The van der Waals surface area contributed by atoms with E-state index in [0.717, 1.165) is 16.5 Å². The summed E-state index contributed by atoms with van der Waals surface area (Å²) in [6.45, 7) is 0.781. The standard InChI is InChI=1S/C13H16BrNO4/c14-11-3-1-9(2-4-11)5-6-15-8-10(13(18)19)7-12(16)17/h1-4,10,15H,5-8H2,(H,16,17)(H,18,19). The number of hydrogen-bond donors (Lipinski definition) is 3. The molecular formula is C13H16BrNO4. The van der Waals surface area contributed by atoms with E-state index in [1.165, 1.54) is 0 Å². The molecule has 1 aromatic rings. The Morgan fingerprint density at radius 2 is 1.84 bits per heavy atom. The average molecular weight is 330 g/mol. The molecule has 0 spiro atoms. The first-order chi connectivity index (χ1) is 8.99. The van der Waals surface area contributed by atoms with E-state index in [1.54, 1.807) is 0 Å². The van der Waals surface area contributed by atoms with E-state index >= 15 is 0 Å². The van der Waals surface area contributed by atoms with Crippen molar-refractivity contribution >= 4 is 27.9 Å². The molecule has 0 aliphatic rings. The van der Waals surface area contributed by atoms with E-state index in [-0.39, 0.29) is 13.0 Å². The van der Waals surface area contributed by atoms with Gasteiger partial charge in [0.05, 0.1) is 12.3 Å². The van der Waals surface area contributed by atoms with Crippen molar-refractivity contribution in [1.82, 2.24) is 5.32 Å². The monoisotopic (exact) mass is 329 g/mol. The Labute approximate surface area is 119 Å². The molecule has 0 aromatic heterocycles. The number of halogens is 1. The first kappa shape index (κ1) is 15.7. The van der Waals surface area contributed by atoms with Gasteiger partial charge in [-0.2, -0.15) is 0 Å². The van der Waals surface area contributed by atoms with Crippen LogP contribution in [0.1, 0.15) is 12.0 Å². The van der Waals surface area contributed by atoms with E-state index in [0.29, 0.717) is 6.54 Å². The van der Waals surface area contributed by atoms with Crippen LogP contribution in [0.5, 0.6) is 0 Å². The Hall–Kier alpha value is -1.40. The lowest BCUT2D eigenvalue weighted by atomic mass is 10.1. The molecule has 0 bridgehead atoms. The molecule has 1 rings (SSSR count). The van der Waals surface area contributed by atoms with Gasteiger partial charge in [0, 0.05) is 11.0 Å². The van der Waals surface area contributed by atoms with Crippen molar-refractivity contribution in [2.24, 2.45) is 5.92 Å². The molecule has 0 aliphatic heterocycles. The third kappa shape index (κ3) is 6.35. The van der Waals surface area contributed by atoms with Crippen molar-refractivity contribution in [1.29, 1.82) is 0 Å². The molecule has 0 radical (unpaired) electrons. The number of rotatable bonds is 8. The van der Waals surface area contributed by atoms with Crippen LogP contribution in [0.3, 0.4) is 0 Å². The Morgan fingerprint density at radius 1 is 1.21 bits per heavy atom.